The Balaban J connectivity index is 1.68. The molecule has 1 unspecified atom stereocenters. The summed E-state index contributed by atoms with van der Waals surface area (Å²) in [6.45, 7) is 2.64. The van der Waals surface area contributed by atoms with Crippen LogP contribution in [0.3, 0.4) is 0 Å². The van der Waals surface area contributed by atoms with Crippen molar-refractivity contribution in [3.8, 4) is 5.69 Å². The van der Waals surface area contributed by atoms with Gasteiger partial charge in [-0.1, -0.05) is 18.2 Å². The van der Waals surface area contributed by atoms with Crippen LogP contribution in [0.15, 0.2) is 55.0 Å². The van der Waals surface area contributed by atoms with Crippen molar-refractivity contribution >= 4 is 5.91 Å². The second-order valence-corrected chi connectivity index (χ2v) is 6.59. The number of hydrogen-bond acceptors (Lipinski definition) is 4. The lowest BCUT2D eigenvalue weighted by atomic mass is 10.00. The van der Waals surface area contributed by atoms with E-state index in [9.17, 15) is 4.79 Å². The number of aromatic nitrogens is 4. The molecule has 0 radical (unpaired) electrons. The SMILES string of the molecule is Cc1ccc(C(=O)N2CCCCC2c2nncn2-c2ccccc2)cn1. The van der Waals surface area contributed by atoms with E-state index in [-0.39, 0.29) is 11.9 Å². The van der Waals surface area contributed by atoms with E-state index in [1.54, 1.807) is 12.5 Å². The number of likely N-dealkylation sites (tertiary alicyclic amines) is 1. The van der Waals surface area contributed by atoms with E-state index < -0.39 is 0 Å². The molecule has 1 atom stereocenters. The molecule has 3 aromatic rings. The van der Waals surface area contributed by atoms with Gasteiger partial charge < -0.3 is 4.90 Å². The van der Waals surface area contributed by atoms with Gasteiger partial charge in [0, 0.05) is 24.1 Å². The summed E-state index contributed by atoms with van der Waals surface area (Å²) in [5.74, 6) is 0.814. The summed E-state index contributed by atoms with van der Waals surface area (Å²) in [5.41, 5.74) is 2.52. The molecule has 1 saturated heterocycles. The van der Waals surface area contributed by atoms with Crippen molar-refractivity contribution in [3.05, 3.63) is 72.1 Å². The number of benzene rings is 1. The molecule has 4 rings (SSSR count). The van der Waals surface area contributed by atoms with Gasteiger partial charge in [0.2, 0.25) is 0 Å². The molecular weight excluding hydrogens is 326 g/mol. The number of para-hydroxylation sites is 1. The first kappa shape index (κ1) is 16.4. The van der Waals surface area contributed by atoms with E-state index in [1.165, 1.54) is 0 Å². The normalized spacial score (nSPS) is 17.3. The molecule has 1 aliphatic heterocycles. The molecular formula is C20H21N5O. The average Bonchev–Trinajstić information content (AvgIpc) is 3.18. The molecule has 132 valence electrons. The molecule has 2 aromatic heterocycles. The lowest BCUT2D eigenvalue weighted by Gasteiger charge is -2.35. The van der Waals surface area contributed by atoms with Crippen molar-refractivity contribution in [2.45, 2.75) is 32.2 Å². The lowest BCUT2D eigenvalue weighted by molar-refractivity contribution is 0.0597. The first-order valence-corrected chi connectivity index (χ1v) is 8.93. The van der Waals surface area contributed by atoms with Gasteiger partial charge in [-0.2, -0.15) is 0 Å². The Morgan fingerprint density at radius 3 is 2.73 bits per heavy atom. The van der Waals surface area contributed by atoms with E-state index in [0.717, 1.165) is 43.0 Å². The first-order valence-electron chi connectivity index (χ1n) is 8.93. The zero-order valence-electron chi connectivity index (χ0n) is 14.7. The molecule has 6 heteroatoms. The van der Waals surface area contributed by atoms with Crippen molar-refractivity contribution in [2.75, 3.05) is 6.54 Å². The summed E-state index contributed by atoms with van der Waals surface area (Å²) >= 11 is 0. The van der Waals surface area contributed by atoms with E-state index >= 15 is 0 Å². The highest BCUT2D eigenvalue weighted by Gasteiger charge is 2.32. The highest BCUT2D eigenvalue weighted by atomic mass is 16.2. The average molecular weight is 347 g/mol. The Kier molecular flexibility index (Phi) is 4.48. The third kappa shape index (κ3) is 3.10. The van der Waals surface area contributed by atoms with Gasteiger partial charge in [0.25, 0.3) is 5.91 Å². The van der Waals surface area contributed by atoms with Gasteiger partial charge in [-0.15, -0.1) is 10.2 Å². The van der Waals surface area contributed by atoms with Crippen LogP contribution in [-0.4, -0.2) is 37.1 Å². The zero-order chi connectivity index (χ0) is 17.9. The van der Waals surface area contributed by atoms with Crippen LogP contribution in [0.5, 0.6) is 0 Å². The third-order valence-electron chi connectivity index (χ3n) is 4.83. The largest absolute Gasteiger partial charge is 0.328 e. The fourth-order valence-electron chi connectivity index (χ4n) is 3.46. The number of carbonyl (C=O) groups excluding carboxylic acids is 1. The quantitative estimate of drug-likeness (QED) is 0.729. The predicted octanol–water partition coefficient (Wildman–Crippen LogP) is 3.34. The number of nitrogens with zero attached hydrogens (tertiary/aromatic N) is 5. The Hall–Kier alpha value is -3.02. The Morgan fingerprint density at radius 2 is 1.96 bits per heavy atom. The maximum absolute atomic E-state index is 13.1. The molecule has 0 N–H and O–H groups in total. The van der Waals surface area contributed by atoms with Crippen molar-refractivity contribution < 1.29 is 4.79 Å². The number of amides is 1. The molecule has 1 aliphatic rings. The monoisotopic (exact) mass is 347 g/mol. The number of piperidine rings is 1. The maximum atomic E-state index is 13.1. The zero-order valence-corrected chi connectivity index (χ0v) is 14.7. The van der Waals surface area contributed by atoms with Crippen molar-refractivity contribution in [1.82, 2.24) is 24.6 Å². The number of aryl methyl sites for hydroxylation is 1. The molecule has 3 heterocycles. The molecule has 0 spiro atoms. The number of rotatable bonds is 3. The molecule has 26 heavy (non-hydrogen) atoms. The smallest absolute Gasteiger partial charge is 0.256 e. The molecule has 0 saturated carbocycles. The predicted molar refractivity (Wildman–Crippen MR) is 98.0 cm³/mol. The fourth-order valence-corrected chi connectivity index (χ4v) is 3.46. The highest BCUT2D eigenvalue weighted by molar-refractivity contribution is 5.94. The summed E-state index contributed by atoms with van der Waals surface area (Å²) in [4.78, 5) is 19.3. The Labute approximate surface area is 152 Å². The first-order chi connectivity index (χ1) is 12.7. The summed E-state index contributed by atoms with van der Waals surface area (Å²) in [7, 11) is 0. The standard InChI is InChI=1S/C20H21N5O/c1-15-10-11-16(13-21-15)20(26)24-12-6-5-9-18(24)19-23-22-14-25(19)17-7-3-2-4-8-17/h2-4,7-8,10-11,13-14,18H,5-6,9,12H2,1H3. The minimum Gasteiger partial charge on any atom is -0.328 e. The van der Waals surface area contributed by atoms with Crippen LogP contribution in [0, 0.1) is 6.92 Å². The van der Waals surface area contributed by atoms with Gasteiger partial charge >= 0.3 is 0 Å². The number of pyridine rings is 1. The van der Waals surface area contributed by atoms with E-state index in [4.69, 9.17) is 0 Å². The van der Waals surface area contributed by atoms with Gasteiger partial charge in [-0.05, 0) is 50.5 Å². The minimum atomic E-state index is -0.0831. The minimum absolute atomic E-state index is 0.00446. The Bertz CT molecular complexity index is 888. The second kappa shape index (κ2) is 7.07. The Morgan fingerprint density at radius 1 is 1.12 bits per heavy atom. The van der Waals surface area contributed by atoms with Crippen molar-refractivity contribution in [1.29, 1.82) is 0 Å². The molecule has 0 aliphatic carbocycles. The molecule has 6 nitrogen and oxygen atoms in total. The second-order valence-electron chi connectivity index (χ2n) is 6.59. The topological polar surface area (TPSA) is 63.9 Å². The van der Waals surface area contributed by atoms with Crippen molar-refractivity contribution in [2.24, 2.45) is 0 Å². The molecule has 0 bridgehead atoms. The number of hydrogen-bond donors (Lipinski definition) is 0. The van der Waals surface area contributed by atoms with Gasteiger partial charge in [0.05, 0.1) is 11.6 Å². The summed E-state index contributed by atoms with van der Waals surface area (Å²) in [6, 6.07) is 13.6. The van der Waals surface area contributed by atoms with Gasteiger partial charge in [0.15, 0.2) is 5.82 Å². The van der Waals surface area contributed by atoms with Crippen LogP contribution in [-0.2, 0) is 0 Å². The van der Waals surface area contributed by atoms with E-state index in [2.05, 4.69) is 15.2 Å². The molecule has 1 aromatic carbocycles. The van der Waals surface area contributed by atoms with Gasteiger partial charge in [0.1, 0.15) is 6.33 Å². The van der Waals surface area contributed by atoms with Gasteiger partial charge in [-0.25, -0.2) is 0 Å². The highest BCUT2D eigenvalue weighted by Crippen LogP contribution is 2.32. The van der Waals surface area contributed by atoms with Crippen LogP contribution < -0.4 is 0 Å². The maximum Gasteiger partial charge on any atom is 0.256 e. The lowest BCUT2D eigenvalue weighted by Crippen LogP contribution is -2.39. The van der Waals surface area contributed by atoms with Crippen LogP contribution >= 0.6 is 0 Å². The number of carbonyl (C=O) groups is 1. The summed E-state index contributed by atoms with van der Waals surface area (Å²) in [5, 5.41) is 8.47. The fraction of sp³-hybridized carbons (Fsp3) is 0.300. The molecule has 1 fully saturated rings. The third-order valence-corrected chi connectivity index (χ3v) is 4.83. The van der Waals surface area contributed by atoms with E-state index in [1.807, 2.05) is 58.9 Å². The summed E-state index contributed by atoms with van der Waals surface area (Å²) < 4.78 is 1.98. The summed E-state index contributed by atoms with van der Waals surface area (Å²) in [6.07, 6.45) is 6.33. The van der Waals surface area contributed by atoms with Gasteiger partial charge in [-0.3, -0.25) is 14.3 Å². The van der Waals surface area contributed by atoms with Crippen LogP contribution in [0.1, 0.15) is 47.2 Å². The van der Waals surface area contributed by atoms with Crippen LogP contribution in [0.2, 0.25) is 0 Å². The van der Waals surface area contributed by atoms with Crippen molar-refractivity contribution in [3.63, 3.8) is 0 Å². The molecule has 1 amide bonds. The van der Waals surface area contributed by atoms with Crippen LogP contribution in [0.25, 0.3) is 5.69 Å². The van der Waals surface area contributed by atoms with E-state index in [0.29, 0.717) is 5.56 Å². The van der Waals surface area contributed by atoms with Crippen LogP contribution in [0.4, 0.5) is 0 Å².